The van der Waals surface area contributed by atoms with Gasteiger partial charge in [0.05, 0.1) is 5.56 Å². The van der Waals surface area contributed by atoms with Gasteiger partial charge in [0.15, 0.2) is 0 Å². The second-order valence-corrected chi connectivity index (χ2v) is 4.63. The molecule has 5 heteroatoms. The maximum absolute atomic E-state index is 11.4. The number of nitrogens with zero attached hydrogens (tertiary/aromatic N) is 1. The summed E-state index contributed by atoms with van der Waals surface area (Å²) in [7, 11) is 0. The summed E-state index contributed by atoms with van der Waals surface area (Å²) < 4.78 is 0.993. The van der Waals surface area contributed by atoms with E-state index in [2.05, 4.69) is 27.6 Å². The lowest BCUT2D eigenvalue weighted by Crippen LogP contribution is -2.14. The lowest BCUT2D eigenvalue weighted by Gasteiger charge is -2.10. The maximum atomic E-state index is 11.4. The van der Waals surface area contributed by atoms with Crippen molar-refractivity contribution in [1.82, 2.24) is 4.98 Å². The highest BCUT2D eigenvalue weighted by Gasteiger charge is 2.15. The van der Waals surface area contributed by atoms with Gasteiger partial charge in [-0.1, -0.05) is 18.2 Å². The first-order valence-electron chi connectivity index (χ1n) is 4.90. The molecule has 0 aliphatic rings. The van der Waals surface area contributed by atoms with Crippen LogP contribution in [-0.4, -0.2) is 10.9 Å². The van der Waals surface area contributed by atoms with Crippen LogP contribution in [0, 0.1) is 3.57 Å². The average molecular weight is 339 g/mol. The molecule has 0 unspecified atom stereocenters. The number of halogens is 1. The Morgan fingerprint density at radius 3 is 2.59 bits per heavy atom. The van der Waals surface area contributed by atoms with Crippen LogP contribution in [0.25, 0.3) is 11.1 Å². The fraction of sp³-hybridized carbons (Fsp3) is 0. The van der Waals surface area contributed by atoms with E-state index in [1.165, 1.54) is 6.20 Å². The summed E-state index contributed by atoms with van der Waals surface area (Å²) in [5.41, 5.74) is 13.0. The lowest BCUT2D eigenvalue weighted by molar-refractivity contribution is 0.100. The molecule has 1 aromatic heterocycles. The highest BCUT2D eigenvalue weighted by atomic mass is 127. The fourth-order valence-corrected chi connectivity index (χ4v) is 2.29. The Balaban J connectivity index is 2.75. The summed E-state index contributed by atoms with van der Waals surface area (Å²) in [6, 6.07) is 9.21. The average Bonchev–Trinajstić information content (AvgIpc) is 2.30. The quantitative estimate of drug-likeness (QED) is 0.822. The van der Waals surface area contributed by atoms with Crippen molar-refractivity contribution in [2.45, 2.75) is 0 Å². The molecule has 0 fully saturated rings. The van der Waals surface area contributed by atoms with Crippen molar-refractivity contribution < 1.29 is 4.79 Å². The van der Waals surface area contributed by atoms with Crippen LogP contribution in [0.2, 0.25) is 0 Å². The smallest absolute Gasteiger partial charge is 0.249 e. The van der Waals surface area contributed by atoms with Gasteiger partial charge in [0.2, 0.25) is 5.91 Å². The Morgan fingerprint density at radius 1 is 1.24 bits per heavy atom. The third kappa shape index (κ3) is 2.23. The Hall–Kier alpha value is -1.63. The summed E-state index contributed by atoms with van der Waals surface area (Å²) in [6.07, 6.45) is 1.48. The van der Waals surface area contributed by atoms with Crippen molar-refractivity contribution in [3.63, 3.8) is 0 Å². The number of hydrogen-bond donors (Lipinski definition) is 2. The predicted molar refractivity (Wildman–Crippen MR) is 75.3 cm³/mol. The number of aromatic nitrogens is 1. The first kappa shape index (κ1) is 11.8. The van der Waals surface area contributed by atoms with Gasteiger partial charge in [0.25, 0.3) is 0 Å². The number of primary amides is 1. The highest BCUT2D eigenvalue weighted by molar-refractivity contribution is 14.1. The molecule has 1 amide bonds. The zero-order chi connectivity index (χ0) is 12.4. The molecule has 17 heavy (non-hydrogen) atoms. The number of anilines is 1. The topological polar surface area (TPSA) is 82.0 Å². The molecule has 86 valence electrons. The second kappa shape index (κ2) is 4.70. The Labute approximate surface area is 112 Å². The van der Waals surface area contributed by atoms with Crippen LogP contribution in [0.3, 0.4) is 0 Å². The van der Waals surface area contributed by atoms with Crippen molar-refractivity contribution >= 4 is 34.3 Å². The molecular weight excluding hydrogens is 329 g/mol. The normalized spacial score (nSPS) is 10.2. The predicted octanol–water partition coefficient (Wildman–Crippen LogP) is 2.03. The summed E-state index contributed by atoms with van der Waals surface area (Å²) in [5, 5.41) is 0. The molecule has 4 N–H and O–H groups in total. The molecule has 2 aromatic rings. The summed E-state index contributed by atoms with van der Waals surface area (Å²) in [6.45, 7) is 0. The van der Waals surface area contributed by atoms with E-state index in [0.29, 0.717) is 16.9 Å². The van der Waals surface area contributed by atoms with Gasteiger partial charge in [-0.3, -0.25) is 4.79 Å². The van der Waals surface area contributed by atoms with E-state index in [0.717, 1.165) is 9.13 Å². The van der Waals surface area contributed by atoms with Gasteiger partial charge in [-0.2, -0.15) is 0 Å². The van der Waals surface area contributed by atoms with Crippen LogP contribution in [0.15, 0.2) is 36.5 Å². The Bertz CT molecular complexity index is 584. The van der Waals surface area contributed by atoms with Crippen LogP contribution in [0.1, 0.15) is 10.4 Å². The minimum Gasteiger partial charge on any atom is -0.383 e. The van der Waals surface area contributed by atoms with E-state index in [1.54, 1.807) is 6.07 Å². The molecule has 0 saturated carbocycles. The summed E-state index contributed by atoms with van der Waals surface area (Å²) in [4.78, 5) is 15.4. The number of nitrogen functional groups attached to an aromatic ring is 1. The first-order chi connectivity index (χ1) is 8.11. The minimum atomic E-state index is -0.506. The van der Waals surface area contributed by atoms with Crippen LogP contribution in [0.4, 0.5) is 5.82 Å². The molecule has 1 aromatic carbocycles. The first-order valence-corrected chi connectivity index (χ1v) is 5.98. The molecular formula is C12H10IN3O. The molecule has 0 atom stereocenters. The van der Waals surface area contributed by atoms with E-state index >= 15 is 0 Å². The number of amides is 1. The van der Waals surface area contributed by atoms with Crippen LogP contribution < -0.4 is 11.5 Å². The maximum Gasteiger partial charge on any atom is 0.249 e. The molecule has 0 radical (unpaired) electrons. The molecule has 0 aliphatic carbocycles. The third-order valence-corrected chi connectivity index (χ3v) is 3.33. The molecule has 0 saturated heterocycles. The Morgan fingerprint density at radius 2 is 1.94 bits per heavy atom. The highest BCUT2D eigenvalue weighted by Crippen LogP contribution is 2.31. The standard InChI is InChI=1S/C12H10IN3O/c13-9-4-2-1-3-7(9)10-8(12(15)17)5-6-16-11(10)14/h1-6H,(H2,14,16)(H2,15,17). The van der Waals surface area contributed by atoms with Gasteiger partial charge in [0, 0.05) is 15.3 Å². The monoisotopic (exact) mass is 339 g/mol. The van der Waals surface area contributed by atoms with Gasteiger partial charge in [0.1, 0.15) is 5.82 Å². The van der Waals surface area contributed by atoms with Crippen molar-refractivity contribution in [2.75, 3.05) is 5.73 Å². The van der Waals surface area contributed by atoms with Crippen LogP contribution in [-0.2, 0) is 0 Å². The zero-order valence-electron chi connectivity index (χ0n) is 8.85. The second-order valence-electron chi connectivity index (χ2n) is 3.46. The number of carbonyl (C=O) groups is 1. The van der Waals surface area contributed by atoms with Crippen molar-refractivity contribution in [3.8, 4) is 11.1 Å². The van der Waals surface area contributed by atoms with Crippen molar-refractivity contribution in [3.05, 3.63) is 45.7 Å². The molecule has 4 nitrogen and oxygen atoms in total. The number of nitrogens with two attached hydrogens (primary N) is 2. The van der Waals surface area contributed by atoms with Crippen molar-refractivity contribution in [2.24, 2.45) is 5.73 Å². The number of carbonyl (C=O) groups excluding carboxylic acids is 1. The molecule has 0 bridgehead atoms. The van der Waals surface area contributed by atoms with Gasteiger partial charge >= 0.3 is 0 Å². The van der Waals surface area contributed by atoms with Gasteiger partial charge in [-0.15, -0.1) is 0 Å². The summed E-state index contributed by atoms with van der Waals surface area (Å²) in [5.74, 6) is -0.195. The summed E-state index contributed by atoms with van der Waals surface area (Å²) >= 11 is 2.19. The molecule has 0 aliphatic heterocycles. The van der Waals surface area contributed by atoms with Gasteiger partial charge < -0.3 is 11.5 Å². The number of rotatable bonds is 2. The Kier molecular flexibility index (Phi) is 3.28. The third-order valence-electron chi connectivity index (χ3n) is 2.39. The largest absolute Gasteiger partial charge is 0.383 e. The van der Waals surface area contributed by atoms with Gasteiger partial charge in [-0.05, 0) is 40.3 Å². The van der Waals surface area contributed by atoms with E-state index in [9.17, 15) is 4.79 Å². The van der Waals surface area contributed by atoms with Crippen LogP contribution >= 0.6 is 22.6 Å². The van der Waals surface area contributed by atoms with E-state index in [1.807, 2.05) is 24.3 Å². The zero-order valence-corrected chi connectivity index (χ0v) is 11.0. The SMILES string of the molecule is NC(=O)c1ccnc(N)c1-c1ccccc1I. The number of pyridine rings is 1. The van der Waals surface area contributed by atoms with Crippen molar-refractivity contribution in [1.29, 1.82) is 0 Å². The molecule has 1 heterocycles. The fourth-order valence-electron chi connectivity index (χ4n) is 1.63. The number of hydrogen-bond acceptors (Lipinski definition) is 3. The number of benzene rings is 1. The van der Waals surface area contributed by atoms with E-state index < -0.39 is 5.91 Å². The molecule has 0 spiro atoms. The lowest BCUT2D eigenvalue weighted by atomic mass is 10.0. The van der Waals surface area contributed by atoms with Gasteiger partial charge in [-0.25, -0.2) is 4.98 Å². The van der Waals surface area contributed by atoms with E-state index in [4.69, 9.17) is 11.5 Å². The van der Waals surface area contributed by atoms with Crippen LogP contribution in [0.5, 0.6) is 0 Å². The minimum absolute atomic E-state index is 0.311. The van der Waals surface area contributed by atoms with E-state index in [-0.39, 0.29) is 0 Å². The molecule has 2 rings (SSSR count).